The molecule has 7 nitrogen and oxygen atoms in total. The summed E-state index contributed by atoms with van der Waals surface area (Å²) in [6, 6.07) is 0.317. The van der Waals surface area contributed by atoms with E-state index in [0.29, 0.717) is 54.1 Å². The van der Waals surface area contributed by atoms with Gasteiger partial charge in [0.15, 0.2) is 5.75 Å². The van der Waals surface area contributed by atoms with E-state index in [0.717, 1.165) is 32.6 Å². The Morgan fingerprint density at radius 3 is 2.83 bits per heavy atom. The van der Waals surface area contributed by atoms with Crippen LogP contribution in [-0.2, 0) is 0 Å². The average molecular weight is 502 g/mol. The molecule has 35 heavy (non-hydrogen) atoms. The molecule has 1 aromatic rings. The maximum absolute atomic E-state index is 15.1. The molecule has 188 valence electrons. The number of allylic oxidation sites excluding steroid dienone is 4. The average Bonchev–Trinajstić information content (AvgIpc) is 3.02. The minimum Gasteiger partial charge on any atom is -0.489 e. The normalized spacial score (nSPS) is 30.2. The fraction of sp³-hybridized carbons (Fsp3) is 0.615. The summed E-state index contributed by atoms with van der Waals surface area (Å²) in [5.74, 6) is 0.814. The Balaban J connectivity index is 1.52. The molecule has 0 spiro atoms. The van der Waals surface area contributed by atoms with Gasteiger partial charge in [-0.3, -0.25) is 9.69 Å². The van der Waals surface area contributed by atoms with Crippen LogP contribution in [0, 0.1) is 0 Å². The minimum atomic E-state index is -1.20. The zero-order valence-corrected chi connectivity index (χ0v) is 21.2. The highest BCUT2D eigenvalue weighted by Crippen LogP contribution is 2.46. The first-order valence-electron chi connectivity index (χ1n) is 12.8. The maximum atomic E-state index is 15.1. The van der Waals surface area contributed by atoms with Crippen LogP contribution in [0.5, 0.6) is 5.75 Å². The number of alkyl halides is 1. The maximum Gasteiger partial charge on any atom is 0.261 e. The summed E-state index contributed by atoms with van der Waals surface area (Å²) in [5.41, 5.74) is 1.02. The van der Waals surface area contributed by atoms with Gasteiger partial charge in [-0.25, -0.2) is 9.37 Å². The van der Waals surface area contributed by atoms with E-state index in [2.05, 4.69) is 29.0 Å². The molecule has 0 aromatic carbocycles. The number of halogens is 2. The second-order valence-corrected chi connectivity index (χ2v) is 11.3. The predicted octanol–water partition coefficient (Wildman–Crippen LogP) is 3.29. The van der Waals surface area contributed by atoms with Crippen molar-refractivity contribution in [2.45, 2.75) is 56.9 Å². The molecule has 0 radical (unpaired) electrons. The number of carbonyl (C=O) groups excluding carboxylic acids is 1. The van der Waals surface area contributed by atoms with Crippen molar-refractivity contribution in [3.63, 3.8) is 0 Å². The Morgan fingerprint density at radius 1 is 1.26 bits per heavy atom. The number of hydrogen-bond donors (Lipinski definition) is 1. The van der Waals surface area contributed by atoms with Crippen LogP contribution < -0.4 is 15.0 Å². The van der Waals surface area contributed by atoms with Crippen molar-refractivity contribution in [2.24, 2.45) is 0 Å². The van der Waals surface area contributed by atoms with E-state index in [1.54, 1.807) is 12.2 Å². The Morgan fingerprint density at radius 2 is 2.09 bits per heavy atom. The number of hydrogen-bond acceptors (Lipinski definition) is 6. The molecule has 1 amide bonds. The van der Waals surface area contributed by atoms with Crippen LogP contribution in [-0.4, -0.2) is 90.4 Å². The highest BCUT2D eigenvalue weighted by Gasteiger charge is 2.46. The van der Waals surface area contributed by atoms with Gasteiger partial charge in [-0.05, 0) is 39.8 Å². The summed E-state index contributed by atoms with van der Waals surface area (Å²) in [6.07, 6.45) is 6.67. The van der Waals surface area contributed by atoms with E-state index < -0.39 is 6.17 Å². The van der Waals surface area contributed by atoms with Gasteiger partial charge in [0.1, 0.15) is 29.2 Å². The van der Waals surface area contributed by atoms with Gasteiger partial charge in [-0.1, -0.05) is 29.8 Å². The van der Waals surface area contributed by atoms with Crippen molar-refractivity contribution in [3.05, 3.63) is 34.5 Å². The topological polar surface area (TPSA) is 60.9 Å². The van der Waals surface area contributed by atoms with Crippen LogP contribution >= 0.6 is 11.6 Å². The second-order valence-electron chi connectivity index (χ2n) is 10.9. The Labute approximate surface area is 210 Å². The number of likely N-dealkylation sites (tertiary alicyclic amines) is 1. The SMILES string of the molecule is CC1(C)CC(N2CCC2)CN1c1nc(C2=CC=CCC2F)c(Cl)c2c1C(=O)N1CCNC[C@@H]1CO2. The van der Waals surface area contributed by atoms with Crippen LogP contribution in [0.25, 0.3) is 5.57 Å². The molecule has 5 aliphatic rings. The third-order valence-electron chi connectivity index (χ3n) is 8.21. The first-order chi connectivity index (χ1) is 16.8. The molecule has 0 saturated carbocycles. The van der Waals surface area contributed by atoms with Crippen molar-refractivity contribution in [1.29, 1.82) is 0 Å². The zero-order valence-electron chi connectivity index (χ0n) is 20.4. The number of rotatable bonds is 3. The lowest BCUT2D eigenvalue weighted by Gasteiger charge is -2.37. The van der Waals surface area contributed by atoms with Gasteiger partial charge >= 0.3 is 0 Å². The molecule has 9 heteroatoms. The van der Waals surface area contributed by atoms with Gasteiger partial charge in [0.05, 0.1) is 11.7 Å². The molecule has 1 N–H and O–H groups in total. The summed E-state index contributed by atoms with van der Waals surface area (Å²) in [5, 5.41) is 3.58. The van der Waals surface area contributed by atoms with Crippen LogP contribution in [0.4, 0.5) is 10.2 Å². The zero-order chi connectivity index (χ0) is 24.3. The minimum absolute atomic E-state index is 0.0813. The third kappa shape index (κ3) is 3.85. The fourth-order valence-electron chi connectivity index (χ4n) is 6.11. The van der Waals surface area contributed by atoms with E-state index in [4.69, 9.17) is 21.3 Å². The van der Waals surface area contributed by atoms with Crippen molar-refractivity contribution in [1.82, 2.24) is 20.1 Å². The van der Waals surface area contributed by atoms with E-state index in [9.17, 15) is 4.79 Å². The van der Waals surface area contributed by atoms with Crippen LogP contribution in [0.1, 0.15) is 49.2 Å². The highest BCUT2D eigenvalue weighted by atomic mass is 35.5. The molecule has 6 rings (SSSR count). The molecule has 1 aromatic heterocycles. The molecule has 3 fully saturated rings. The number of nitrogens with zero attached hydrogens (tertiary/aromatic N) is 4. The summed E-state index contributed by atoms with van der Waals surface area (Å²) in [7, 11) is 0. The van der Waals surface area contributed by atoms with E-state index >= 15 is 4.39 Å². The number of carbonyl (C=O) groups is 1. The first kappa shape index (κ1) is 23.3. The smallest absolute Gasteiger partial charge is 0.261 e. The second kappa shape index (κ2) is 8.75. The Bertz CT molecular complexity index is 1100. The number of nitrogens with one attached hydrogen (secondary N) is 1. The molecule has 5 heterocycles. The molecular weight excluding hydrogens is 469 g/mol. The largest absolute Gasteiger partial charge is 0.489 e. The predicted molar refractivity (Wildman–Crippen MR) is 135 cm³/mol. The standard InChI is InChI=1S/C26H33ClFN5O2/c1-26(2)12-16(31-9-5-10-31)14-33(26)24-20-23(35-15-17-13-29-8-11-32(17)25(20)34)21(27)22(30-24)18-6-3-4-7-19(18)28/h3-4,6,16-17,19,29H,5,7-15H2,1-2H3/t16?,17-,19?/m1/s1. The van der Waals surface area contributed by atoms with Crippen molar-refractivity contribution >= 4 is 28.9 Å². The summed E-state index contributed by atoms with van der Waals surface area (Å²) < 4.78 is 21.3. The summed E-state index contributed by atoms with van der Waals surface area (Å²) in [4.78, 5) is 25.7. The number of pyridine rings is 1. The monoisotopic (exact) mass is 501 g/mol. The lowest BCUT2D eigenvalue weighted by Crippen LogP contribution is -2.55. The van der Waals surface area contributed by atoms with E-state index in [1.165, 1.54) is 6.42 Å². The van der Waals surface area contributed by atoms with Gasteiger partial charge in [0.2, 0.25) is 0 Å². The molecule has 2 unspecified atom stereocenters. The number of aromatic nitrogens is 1. The van der Waals surface area contributed by atoms with Crippen LogP contribution in [0.3, 0.4) is 0 Å². The van der Waals surface area contributed by atoms with Gasteiger partial charge in [0.25, 0.3) is 5.91 Å². The molecule has 1 aliphatic carbocycles. The molecule has 3 saturated heterocycles. The molecule has 0 bridgehead atoms. The summed E-state index contributed by atoms with van der Waals surface area (Å²) >= 11 is 6.89. The van der Waals surface area contributed by atoms with E-state index in [-0.39, 0.29) is 28.9 Å². The van der Waals surface area contributed by atoms with Crippen molar-refractivity contribution in [3.8, 4) is 5.75 Å². The highest BCUT2D eigenvalue weighted by molar-refractivity contribution is 6.34. The number of amides is 1. The van der Waals surface area contributed by atoms with Crippen LogP contribution in [0.15, 0.2) is 18.2 Å². The Kier molecular flexibility index (Phi) is 5.81. The number of fused-ring (bicyclic) bond motifs is 2. The first-order valence-corrected chi connectivity index (χ1v) is 13.1. The fourth-order valence-corrected chi connectivity index (χ4v) is 6.41. The number of piperazine rings is 1. The van der Waals surface area contributed by atoms with Crippen molar-refractivity contribution in [2.75, 3.05) is 50.8 Å². The molecule has 3 atom stereocenters. The number of anilines is 1. The van der Waals surface area contributed by atoms with Crippen molar-refractivity contribution < 1.29 is 13.9 Å². The molecular formula is C26H33ClFN5O2. The third-order valence-corrected chi connectivity index (χ3v) is 8.56. The Hall–Kier alpha value is -2.16. The van der Waals surface area contributed by atoms with E-state index in [1.807, 2.05) is 11.0 Å². The van der Waals surface area contributed by atoms with Gasteiger partial charge in [-0.15, -0.1) is 0 Å². The van der Waals surface area contributed by atoms with Gasteiger partial charge in [-0.2, -0.15) is 0 Å². The van der Waals surface area contributed by atoms with Gasteiger partial charge in [0, 0.05) is 49.8 Å². The van der Waals surface area contributed by atoms with Crippen LogP contribution in [0.2, 0.25) is 5.02 Å². The lowest BCUT2D eigenvalue weighted by molar-refractivity contribution is 0.0606. The quantitative estimate of drug-likeness (QED) is 0.686. The number of ether oxygens (including phenoxy) is 1. The lowest BCUT2D eigenvalue weighted by atomic mass is 9.96. The molecule has 4 aliphatic heterocycles. The van der Waals surface area contributed by atoms with Gasteiger partial charge < -0.3 is 19.9 Å². The summed E-state index contributed by atoms with van der Waals surface area (Å²) in [6.45, 7) is 9.74.